The molecule has 1 amide bonds. The number of ether oxygens (including phenoxy) is 2. The van der Waals surface area contributed by atoms with Gasteiger partial charge in [-0.15, -0.1) is 0 Å². The first-order chi connectivity index (χ1) is 8.74. The molecule has 2 aliphatic heterocycles. The Morgan fingerprint density at radius 2 is 2.28 bits per heavy atom. The molecular weight excluding hydrogens is 230 g/mol. The van der Waals surface area contributed by atoms with Gasteiger partial charge in [-0.05, 0) is 25.5 Å². The average molecular weight is 247 g/mol. The summed E-state index contributed by atoms with van der Waals surface area (Å²) < 4.78 is 11.2. The second kappa shape index (κ2) is 4.71. The zero-order chi connectivity index (χ0) is 12.5. The molecule has 0 spiro atoms. The zero-order valence-corrected chi connectivity index (χ0v) is 10.4. The van der Waals surface area contributed by atoms with Crippen molar-refractivity contribution < 1.29 is 14.3 Å². The first-order valence-corrected chi connectivity index (χ1v) is 6.35. The predicted molar refractivity (Wildman–Crippen MR) is 66.5 cm³/mol. The number of rotatable bonds is 2. The van der Waals surface area contributed by atoms with Crippen LogP contribution in [0.15, 0.2) is 24.3 Å². The molecule has 3 unspecified atom stereocenters. The van der Waals surface area contributed by atoms with Crippen LogP contribution in [-0.2, 0) is 9.47 Å². The van der Waals surface area contributed by atoms with Crippen molar-refractivity contribution in [2.45, 2.75) is 31.6 Å². The van der Waals surface area contributed by atoms with Crippen molar-refractivity contribution in [3.05, 3.63) is 35.4 Å². The van der Waals surface area contributed by atoms with Crippen LogP contribution >= 0.6 is 0 Å². The molecule has 0 bridgehead atoms. The number of hydrogen-bond acceptors (Lipinski definition) is 3. The molecule has 2 fully saturated rings. The highest BCUT2D eigenvalue weighted by molar-refractivity contribution is 5.94. The molecule has 3 rings (SSSR count). The molecule has 0 aliphatic carbocycles. The maximum Gasteiger partial charge on any atom is 0.251 e. The first kappa shape index (κ1) is 11.7. The second-order valence-electron chi connectivity index (χ2n) is 4.95. The van der Waals surface area contributed by atoms with Crippen molar-refractivity contribution in [1.82, 2.24) is 5.32 Å². The molecule has 4 heteroatoms. The number of carbonyl (C=O) groups is 1. The number of fused-ring (bicyclic) bond motifs is 1. The minimum absolute atomic E-state index is 0.0227. The van der Waals surface area contributed by atoms with Gasteiger partial charge < -0.3 is 14.8 Å². The Hall–Kier alpha value is -1.39. The van der Waals surface area contributed by atoms with Crippen LogP contribution in [0.3, 0.4) is 0 Å². The summed E-state index contributed by atoms with van der Waals surface area (Å²) in [7, 11) is 0. The summed E-state index contributed by atoms with van der Waals surface area (Å²) in [5.41, 5.74) is 1.77. The standard InChI is InChI=1S/C14H17NO3/c1-9-3-2-4-10(7-9)14(16)15-11-8-18-12-5-6-17-13(11)12/h2-4,7,11-13H,5-6,8H2,1H3,(H,15,16). The van der Waals surface area contributed by atoms with E-state index < -0.39 is 0 Å². The van der Waals surface area contributed by atoms with Crippen LogP contribution in [0.2, 0.25) is 0 Å². The summed E-state index contributed by atoms with van der Waals surface area (Å²) in [5, 5.41) is 3.00. The van der Waals surface area contributed by atoms with Gasteiger partial charge in [0, 0.05) is 12.2 Å². The van der Waals surface area contributed by atoms with Crippen molar-refractivity contribution in [2.24, 2.45) is 0 Å². The van der Waals surface area contributed by atoms with Gasteiger partial charge in [-0.25, -0.2) is 0 Å². The van der Waals surface area contributed by atoms with Crippen LogP contribution in [0.1, 0.15) is 22.3 Å². The normalized spacial score (nSPS) is 30.2. The molecule has 1 aromatic carbocycles. The van der Waals surface area contributed by atoms with Crippen molar-refractivity contribution in [3.63, 3.8) is 0 Å². The molecule has 0 saturated carbocycles. The Kier molecular flexibility index (Phi) is 3.06. The third-order valence-electron chi connectivity index (χ3n) is 3.56. The SMILES string of the molecule is Cc1cccc(C(=O)NC2COC3CCOC23)c1. The molecular formula is C14H17NO3. The Morgan fingerprint density at radius 1 is 1.39 bits per heavy atom. The third-order valence-corrected chi connectivity index (χ3v) is 3.56. The lowest BCUT2D eigenvalue weighted by molar-refractivity contribution is 0.0656. The highest BCUT2D eigenvalue weighted by atomic mass is 16.6. The van der Waals surface area contributed by atoms with Gasteiger partial charge in [-0.1, -0.05) is 17.7 Å². The van der Waals surface area contributed by atoms with Crippen molar-refractivity contribution in [2.75, 3.05) is 13.2 Å². The van der Waals surface area contributed by atoms with E-state index in [2.05, 4.69) is 5.32 Å². The highest BCUT2D eigenvalue weighted by Crippen LogP contribution is 2.26. The van der Waals surface area contributed by atoms with E-state index in [1.54, 1.807) is 0 Å². The van der Waals surface area contributed by atoms with Crippen molar-refractivity contribution in [1.29, 1.82) is 0 Å². The molecule has 2 aliphatic rings. The topological polar surface area (TPSA) is 47.6 Å². The lowest BCUT2D eigenvalue weighted by Crippen LogP contribution is -2.43. The molecule has 18 heavy (non-hydrogen) atoms. The van der Waals surface area contributed by atoms with Crippen LogP contribution < -0.4 is 5.32 Å². The summed E-state index contributed by atoms with van der Waals surface area (Å²) in [6.45, 7) is 3.25. The fourth-order valence-electron chi connectivity index (χ4n) is 2.63. The second-order valence-corrected chi connectivity index (χ2v) is 4.95. The van der Waals surface area contributed by atoms with Gasteiger partial charge in [-0.3, -0.25) is 4.79 Å². The summed E-state index contributed by atoms with van der Waals surface area (Å²) in [6, 6.07) is 7.56. The minimum Gasteiger partial charge on any atom is -0.373 e. The number of aryl methyl sites for hydroxylation is 1. The van der Waals surface area contributed by atoms with Gasteiger partial charge >= 0.3 is 0 Å². The van der Waals surface area contributed by atoms with Crippen LogP contribution in [0.5, 0.6) is 0 Å². The summed E-state index contributed by atoms with van der Waals surface area (Å²) >= 11 is 0. The Bertz CT molecular complexity index is 460. The lowest BCUT2D eigenvalue weighted by Gasteiger charge is -2.17. The van der Waals surface area contributed by atoms with E-state index in [1.165, 1.54) is 0 Å². The molecule has 1 aromatic rings. The third kappa shape index (κ3) is 2.13. The average Bonchev–Trinajstić information content (AvgIpc) is 2.94. The quantitative estimate of drug-likeness (QED) is 0.856. The zero-order valence-electron chi connectivity index (χ0n) is 10.4. The fraction of sp³-hybridized carbons (Fsp3) is 0.500. The van der Waals surface area contributed by atoms with E-state index in [0.29, 0.717) is 12.2 Å². The molecule has 2 heterocycles. The Labute approximate surface area is 106 Å². The van der Waals surface area contributed by atoms with Gasteiger partial charge in [0.25, 0.3) is 5.91 Å². The predicted octanol–water partition coefficient (Wildman–Crippen LogP) is 1.28. The van der Waals surface area contributed by atoms with Crippen molar-refractivity contribution in [3.8, 4) is 0 Å². The largest absolute Gasteiger partial charge is 0.373 e. The van der Waals surface area contributed by atoms with E-state index in [-0.39, 0.29) is 24.2 Å². The van der Waals surface area contributed by atoms with Gasteiger partial charge in [0.2, 0.25) is 0 Å². The smallest absolute Gasteiger partial charge is 0.251 e. The van der Waals surface area contributed by atoms with Crippen LogP contribution in [-0.4, -0.2) is 37.4 Å². The Morgan fingerprint density at radius 3 is 3.11 bits per heavy atom. The molecule has 4 nitrogen and oxygen atoms in total. The monoisotopic (exact) mass is 247 g/mol. The maximum absolute atomic E-state index is 12.1. The number of benzene rings is 1. The van der Waals surface area contributed by atoms with E-state index in [9.17, 15) is 4.79 Å². The minimum atomic E-state index is -0.0524. The summed E-state index contributed by atoms with van der Waals surface area (Å²) in [4.78, 5) is 12.1. The lowest BCUT2D eigenvalue weighted by atomic mass is 10.1. The van der Waals surface area contributed by atoms with E-state index in [4.69, 9.17) is 9.47 Å². The first-order valence-electron chi connectivity index (χ1n) is 6.35. The number of amides is 1. The van der Waals surface area contributed by atoms with Gasteiger partial charge in [0.1, 0.15) is 6.10 Å². The Balaban J connectivity index is 1.68. The fourth-order valence-corrected chi connectivity index (χ4v) is 2.63. The van der Waals surface area contributed by atoms with E-state index in [1.807, 2.05) is 31.2 Å². The van der Waals surface area contributed by atoms with Crippen LogP contribution in [0.25, 0.3) is 0 Å². The summed E-state index contributed by atoms with van der Waals surface area (Å²) in [6.07, 6.45) is 1.12. The van der Waals surface area contributed by atoms with Gasteiger partial charge in [0.15, 0.2) is 0 Å². The molecule has 3 atom stereocenters. The molecule has 0 radical (unpaired) electrons. The molecule has 2 saturated heterocycles. The maximum atomic E-state index is 12.1. The van der Waals surface area contributed by atoms with Crippen LogP contribution in [0.4, 0.5) is 0 Å². The molecule has 96 valence electrons. The number of carbonyl (C=O) groups excluding carboxylic acids is 1. The number of nitrogens with one attached hydrogen (secondary N) is 1. The van der Waals surface area contributed by atoms with Crippen molar-refractivity contribution >= 4 is 5.91 Å². The summed E-state index contributed by atoms with van der Waals surface area (Å²) in [5.74, 6) is -0.0524. The van der Waals surface area contributed by atoms with E-state index >= 15 is 0 Å². The van der Waals surface area contributed by atoms with Crippen LogP contribution in [0, 0.1) is 6.92 Å². The molecule has 0 aromatic heterocycles. The highest BCUT2D eigenvalue weighted by Gasteiger charge is 2.42. The van der Waals surface area contributed by atoms with Gasteiger partial charge in [0.05, 0.1) is 18.8 Å². The molecule has 1 N–H and O–H groups in total. The number of hydrogen-bond donors (Lipinski definition) is 1. The van der Waals surface area contributed by atoms with E-state index in [0.717, 1.165) is 18.6 Å². The van der Waals surface area contributed by atoms with Gasteiger partial charge in [-0.2, -0.15) is 0 Å².